The van der Waals surface area contributed by atoms with Crippen LogP contribution in [0.1, 0.15) is 0 Å². The molecule has 100 valence electrons. The Morgan fingerprint density at radius 3 is 2.63 bits per heavy atom. The van der Waals surface area contributed by atoms with Crippen molar-refractivity contribution < 1.29 is 13.9 Å². The van der Waals surface area contributed by atoms with Gasteiger partial charge >= 0.3 is 0 Å². The smallest absolute Gasteiger partial charge is 0.260 e. The highest BCUT2D eigenvalue weighted by molar-refractivity contribution is 9.10. The van der Waals surface area contributed by atoms with Crippen molar-refractivity contribution in [2.75, 3.05) is 14.2 Å². The number of halogens is 3. The van der Waals surface area contributed by atoms with E-state index in [0.29, 0.717) is 20.8 Å². The summed E-state index contributed by atoms with van der Waals surface area (Å²) >= 11 is 9.48. The van der Waals surface area contributed by atoms with Crippen molar-refractivity contribution in [3.63, 3.8) is 0 Å². The van der Waals surface area contributed by atoms with Crippen molar-refractivity contribution in [1.82, 2.24) is 4.98 Å². The second kappa shape index (κ2) is 5.75. The maximum atomic E-state index is 13.9. The van der Waals surface area contributed by atoms with Gasteiger partial charge in [0.1, 0.15) is 0 Å². The maximum Gasteiger partial charge on any atom is 0.260 e. The lowest BCUT2D eigenvalue weighted by atomic mass is 10.1. The van der Waals surface area contributed by atoms with Gasteiger partial charge in [-0.25, -0.2) is 9.37 Å². The number of benzene rings is 1. The molecule has 0 amide bonds. The molecule has 0 atom stereocenters. The Bertz CT molecular complexity index is 622. The van der Waals surface area contributed by atoms with E-state index in [-0.39, 0.29) is 11.6 Å². The van der Waals surface area contributed by atoms with Gasteiger partial charge < -0.3 is 9.47 Å². The van der Waals surface area contributed by atoms with Crippen LogP contribution in [0.5, 0.6) is 11.6 Å². The molecule has 0 N–H and O–H groups in total. The van der Waals surface area contributed by atoms with Gasteiger partial charge in [-0.2, -0.15) is 0 Å². The molecule has 0 aliphatic carbocycles. The van der Waals surface area contributed by atoms with E-state index in [1.807, 2.05) is 0 Å². The summed E-state index contributed by atoms with van der Waals surface area (Å²) in [5.74, 6) is -0.508. The molecule has 1 heterocycles. The first-order valence-corrected chi connectivity index (χ1v) is 6.48. The minimum atomic E-state index is -0.555. The van der Waals surface area contributed by atoms with E-state index < -0.39 is 5.82 Å². The van der Waals surface area contributed by atoms with Gasteiger partial charge in [-0.1, -0.05) is 23.7 Å². The van der Waals surface area contributed by atoms with E-state index in [4.69, 9.17) is 21.1 Å². The Labute approximate surface area is 123 Å². The van der Waals surface area contributed by atoms with Crippen LogP contribution >= 0.6 is 27.5 Å². The van der Waals surface area contributed by atoms with Crippen LogP contribution in [0.25, 0.3) is 11.3 Å². The van der Waals surface area contributed by atoms with E-state index in [2.05, 4.69) is 20.9 Å². The number of ether oxygens (including phenoxy) is 2. The molecular weight excluding hydrogens is 337 g/mol. The summed E-state index contributed by atoms with van der Waals surface area (Å²) in [6.07, 6.45) is 0. The molecule has 0 spiro atoms. The third kappa shape index (κ3) is 2.67. The second-order valence-corrected chi connectivity index (χ2v) is 4.87. The van der Waals surface area contributed by atoms with E-state index in [9.17, 15) is 4.39 Å². The first kappa shape index (κ1) is 14.1. The second-order valence-electron chi connectivity index (χ2n) is 3.63. The summed E-state index contributed by atoms with van der Waals surface area (Å²) in [7, 11) is 2.75. The van der Waals surface area contributed by atoms with Crippen molar-refractivity contribution >= 4 is 27.5 Å². The fourth-order valence-corrected chi connectivity index (χ4v) is 2.23. The average Bonchev–Trinajstić information content (AvgIpc) is 2.40. The Hall–Kier alpha value is -1.33. The molecule has 0 aliphatic heterocycles. The molecule has 0 saturated carbocycles. The Morgan fingerprint density at radius 2 is 2.00 bits per heavy atom. The van der Waals surface area contributed by atoms with Gasteiger partial charge in [-0.05, 0) is 22.0 Å². The van der Waals surface area contributed by atoms with E-state index in [0.717, 1.165) is 0 Å². The van der Waals surface area contributed by atoms with Gasteiger partial charge in [0.25, 0.3) is 5.88 Å². The molecule has 0 unspecified atom stereocenters. The predicted molar refractivity (Wildman–Crippen MR) is 75.4 cm³/mol. The van der Waals surface area contributed by atoms with E-state index >= 15 is 0 Å². The molecule has 2 rings (SSSR count). The summed E-state index contributed by atoms with van der Waals surface area (Å²) < 4.78 is 24.6. The highest BCUT2D eigenvalue weighted by Gasteiger charge is 2.17. The lowest BCUT2D eigenvalue weighted by Crippen LogP contribution is -1.98. The van der Waals surface area contributed by atoms with Crippen molar-refractivity contribution in [1.29, 1.82) is 0 Å². The summed E-state index contributed by atoms with van der Waals surface area (Å²) in [4.78, 5) is 4.20. The number of hydrogen-bond donors (Lipinski definition) is 0. The van der Waals surface area contributed by atoms with E-state index in [1.54, 1.807) is 18.2 Å². The molecule has 0 aliphatic rings. The van der Waals surface area contributed by atoms with Crippen LogP contribution in [-0.4, -0.2) is 19.2 Å². The van der Waals surface area contributed by atoms with Crippen LogP contribution in [0.4, 0.5) is 4.39 Å². The van der Waals surface area contributed by atoms with Crippen LogP contribution in [0.2, 0.25) is 5.02 Å². The van der Waals surface area contributed by atoms with Crippen LogP contribution in [0.3, 0.4) is 0 Å². The lowest BCUT2D eigenvalue weighted by Gasteiger charge is -2.11. The minimum absolute atomic E-state index is 0.0302. The maximum absolute atomic E-state index is 13.9. The number of methoxy groups -OCH3 is 2. The molecule has 0 saturated heterocycles. The fourth-order valence-electron chi connectivity index (χ4n) is 1.64. The van der Waals surface area contributed by atoms with Crippen molar-refractivity contribution in [3.05, 3.63) is 39.6 Å². The summed E-state index contributed by atoms with van der Waals surface area (Å²) in [5, 5.41) is 0.460. The Kier molecular flexibility index (Phi) is 4.27. The fraction of sp³-hybridized carbons (Fsp3) is 0.154. The van der Waals surface area contributed by atoms with Crippen LogP contribution in [0, 0.1) is 5.82 Å². The molecule has 0 bridgehead atoms. The van der Waals surface area contributed by atoms with Gasteiger partial charge in [0, 0.05) is 16.1 Å². The van der Waals surface area contributed by atoms with Crippen molar-refractivity contribution in [3.8, 4) is 22.9 Å². The molecule has 1 aromatic heterocycles. The lowest BCUT2D eigenvalue weighted by molar-refractivity contribution is 0.327. The number of aromatic nitrogens is 1. The number of hydrogen-bond acceptors (Lipinski definition) is 3. The molecule has 0 fully saturated rings. The Morgan fingerprint density at radius 1 is 1.26 bits per heavy atom. The molecule has 2 aromatic rings. The highest BCUT2D eigenvalue weighted by atomic mass is 79.9. The first-order valence-electron chi connectivity index (χ1n) is 5.31. The standard InChI is InChI=1S/C13H10BrClFNO2/c1-18-12-9(16)6-10(17-13(12)19-2)7-4-3-5-8(14)11(7)15/h3-6H,1-2H3. The Balaban J connectivity index is 2.63. The van der Waals surface area contributed by atoms with Gasteiger partial charge in [-0.15, -0.1) is 0 Å². The molecule has 3 nitrogen and oxygen atoms in total. The largest absolute Gasteiger partial charge is 0.489 e. The summed E-state index contributed by atoms with van der Waals surface area (Å²) in [6, 6.07) is 6.60. The van der Waals surface area contributed by atoms with Crippen LogP contribution in [0.15, 0.2) is 28.7 Å². The molecule has 0 radical (unpaired) electrons. The van der Waals surface area contributed by atoms with Gasteiger partial charge in [0.05, 0.1) is 24.9 Å². The third-order valence-corrected chi connectivity index (χ3v) is 3.82. The number of rotatable bonds is 3. The zero-order chi connectivity index (χ0) is 14.0. The number of nitrogens with zero attached hydrogens (tertiary/aromatic N) is 1. The molecule has 6 heteroatoms. The highest BCUT2D eigenvalue weighted by Crippen LogP contribution is 2.36. The normalized spacial score (nSPS) is 10.4. The number of pyridine rings is 1. The van der Waals surface area contributed by atoms with Crippen LogP contribution in [-0.2, 0) is 0 Å². The van der Waals surface area contributed by atoms with Crippen LogP contribution < -0.4 is 9.47 Å². The zero-order valence-corrected chi connectivity index (χ0v) is 12.5. The SMILES string of the molecule is COc1nc(-c2cccc(Br)c2Cl)cc(F)c1OC. The summed E-state index contributed by atoms with van der Waals surface area (Å²) in [5.41, 5.74) is 0.984. The summed E-state index contributed by atoms with van der Waals surface area (Å²) in [6.45, 7) is 0. The van der Waals surface area contributed by atoms with Gasteiger partial charge in [0.2, 0.25) is 5.75 Å². The van der Waals surface area contributed by atoms with Gasteiger partial charge in [-0.3, -0.25) is 0 Å². The third-order valence-electron chi connectivity index (χ3n) is 2.52. The minimum Gasteiger partial charge on any atom is -0.489 e. The molecule has 19 heavy (non-hydrogen) atoms. The van der Waals surface area contributed by atoms with Crippen molar-refractivity contribution in [2.24, 2.45) is 0 Å². The topological polar surface area (TPSA) is 31.4 Å². The molecular formula is C13H10BrClFNO2. The average molecular weight is 347 g/mol. The van der Waals surface area contributed by atoms with Crippen molar-refractivity contribution in [2.45, 2.75) is 0 Å². The zero-order valence-electron chi connectivity index (χ0n) is 10.2. The van der Waals surface area contributed by atoms with E-state index in [1.165, 1.54) is 20.3 Å². The van der Waals surface area contributed by atoms with Gasteiger partial charge in [0.15, 0.2) is 5.82 Å². The molecule has 1 aromatic carbocycles. The monoisotopic (exact) mass is 345 g/mol. The predicted octanol–water partition coefficient (Wildman–Crippen LogP) is 4.32. The quantitative estimate of drug-likeness (QED) is 0.829. The first-order chi connectivity index (χ1) is 9.08.